The van der Waals surface area contributed by atoms with Crippen LogP contribution < -0.4 is 0 Å². The van der Waals surface area contributed by atoms with Gasteiger partial charge in [-0.2, -0.15) is 0 Å². The summed E-state index contributed by atoms with van der Waals surface area (Å²) >= 11 is 0. The van der Waals surface area contributed by atoms with Crippen LogP contribution in [0.25, 0.3) is 0 Å². The third-order valence-electron chi connectivity index (χ3n) is 5.23. The summed E-state index contributed by atoms with van der Waals surface area (Å²) in [6.45, 7) is 4.23. The molecule has 2 rings (SSSR count). The van der Waals surface area contributed by atoms with Crippen molar-refractivity contribution < 1.29 is 9.90 Å². The van der Waals surface area contributed by atoms with Crippen LogP contribution in [0.3, 0.4) is 0 Å². The van der Waals surface area contributed by atoms with Crippen LogP contribution in [-0.4, -0.2) is 16.5 Å². The summed E-state index contributed by atoms with van der Waals surface area (Å²) in [7, 11) is 0. The van der Waals surface area contributed by atoms with Crippen molar-refractivity contribution in [2.24, 2.45) is 17.8 Å². The van der Waals surface area contributed by atoms with E-state index in [2.05, 4.69) is 13.8 Å². The highest BCUT2D eigenvalue weighted by molar-refractivity contribution is 5.89. The highest BCUT2D eigenvalue weighted by Gasteiger charge is 2.47. The average Bonchev–Trinajstić information content (AvgIpc) is 2.36. The van der Waals surface area contributed by atoms with E-state index in [-0.39, 0.29) is 17.6 Å². The number of carbonyl (C=O) groups excluding carboxylic acids is 1. The van der Waals surface area contributed by atoms with E-state index >= 15 is 0 Å². The fraction of sp³-hybridized carbons (Fsp3) is 0.933. The quantitative estimate of drug-likeness (QED) is 0.801. The molecule has 2 aliphatic carbocycles. The third kappa shape index (κ3) is 2.42. The van der Waals surface area contributed by atoms with Gasteiger partial charge in [-0.3, -0.25) is 4.79 Å². The van der Waals surface area contributed by atoms with Gasteiger partial charge in [0.1, 0.15) is 5.60 Å². The van der Waals surface area contributed by atoms with Gasteiger partial charge in [0.2, 0.25) is 0 Å². The lowest BCUT2D eigenvalue weighted by molar-refractivity contribution is -0.155. The lowest BCUT2D eigenvalue weighted by Crippen LogP contribution is -2.52. The Bertz CT molecular complexity index is 281. The average molecular weight is 238 g/mol. The molecule has 3 unspecified atom stereocenters. The van der Waals surface area contributed by atoms with Crippen LogP contribution >= 0.6 is 0 Å². The molecule has 1 N–H and O–H groups in total. The Hall–Kier alpha value is -0.370. The summed E-state index contributed by atoms with van der Waals surface area (Å²) in [6, 6.07) is 0. The zero-order chi connectivity index (χ0) is 12.5. The number of hydrogen-bond acceptors (Lipinski definition) is 2. The van der Waals surface area contributed by atoms with Crippen LogP contribution in [-0.2, 0) is 4.79 Å². The van der Waals surface area contributed by atoms with Gasteiger partial charge in [0.15, 0.2) is 5.78 Å². The number of hydrogen-bond donors (Lipinski definition) is 1. The fourth-order valence-electron chi connectivity index (χ4n) is 3.71. The molecule has 3 atom stereocenters. The molecule has 0 heterocycles. The number of Topliss-reactive ketones (excluding diaryl/α,β-unsaturated/α-hetero) is 1. The van der Waals surface area contributed by atoms with Crippen molar-refractivity contribution >= 4 is 5.78 Å². The molecule has 0 amide bonds. The summed E-state index contributed by atoms with van der Waals surface area (Å²) < 4.78 is 0. The van der Waals surface area contributed by atoms with E-state index in [0.717, 1.165) is 38.5 Å². The summed E-state index contributed by atoms with van der Waals surface area (Å²) in [6.07, 6.45) is 8.43. The van der Waals surface area contributed by atoms with Crippen molar-refractivity contribution in [3.05, 3.63) is 0 Å². The Morgan fingerprint density at radius 3 is 2.35 bits per heavy atom. The molecule has 17 heavy (non-hydrogen) atoms. The van der Waals surface area contributed by atoms with Gasteiger partial charge in [0, 0.05) is 5.92 Å². The molecule has 2 fully saturated rings. The largest absolute Gasteiger partial charge is 0.382 e. The lowest BCUT2D eigenvalue weighted by Gasteiger charge is -2.43. The van der Waals surface area contributed by atoms with E-state index in [1.807, 2.05) is 0 Å². The number of carbonyl (C=O) groups is 1. The first-order chi connectivity index (χ1) is 8.05. The zero-order valence-electron chi connectivity index (χ0n) is 11.2. The monoisotopic (exact) mass is 238 g/mol. The minimum atomic E-state index is -1.01. The molecule has 2 saturated carbocycles. The second kappa shape index (κ2) is 5.09. The molecule has 2 heteroatoms. The number of rotatable bonds is 2. The Morgan fingerprint density at radius 2 is 1.71 bits per heavy atom. The van der Waals surface area contributed by atoms with Crippen LogP contribution in [0.1, 0.15) is 65.2 Å². The predicted octanol–water partition coefficient (Wildman–Crippen LogP) is 3.32. The zero-order valence-corrected chi connectivity index (χ0v) is 11.2. The number of aliphatic hydroxyl groups is 1. The Labute approximate surface area is 105 Å². The summed E-state index contributed by atoms with van der Waals surface area (Å²) in [5, 5.41) is 10.8. The molecular weight excluding hydrogens is 212 g/mol. The van der Waals surface area contributed by atoms with Gasteiger partial charge in [0.05, 0.1) is 0 Å². The van der Waals surface area contributed by atoms with Crippen LogP contribution in [0, 0.1) is 17.8 Å². The molecular formula is C15H26O2. The van der Waals surface area contributed by atoms with E-state index in [1.54, 1.807) is 0 Å². The lowest BCUT2D eigenvalue weighted by atomic mass is 9.65. The maximum atomic E-state index is 12.6. The Morgan fingerprint density at radius 1 is 1.06 bits per heavy atom. The van der Waals surface area contributed by atoms with E-state index < -0.39 is 5.60 Å². The molecule has 0 aromatic rings. The van der Waals surface area contributed by atoms with Crippen molar-refractivity contribution in [2.75, 3.05) is 0 Å². The minimum Gasteiger partial charge on any atom is -0.382 e. The Balaban J connectivity index is 2.10. The third-order valence-corrected chi connectivity index (χ3v) is 5.23. The van der Waals surface area contributed by atoms with Crippen molar-refractivity contribution in [1.82, 2.24) is 0 Å². The molecule has 0 saturated heterocycles. The van der Waals surface area contributed by atoms with Crippen molar-refractivity contribution in [1.29, 1.82) is 0 Å². The standard InChI is InChI=1S/C15H26O2/c1-11-7-6-10-15(17,12(11)2)14(16)13-8-4-3-5-9-13/h11-13,17H,3-10H2,1-2H3. The van der Waals surface area contributed by atoms with Crippen LogP contribution in [0.15, 0.2) is 0 Å². The fourth-order valence-corrected chi connectivity index (χ4v) is 3.71. The highest BCUT2D eigenvalue weighted by Crippen LogP contribution is 2.41. The van der Waals surface area contributed by atoms with Crippen LogP contribution in [0.4, 0.5) is 0 Å². The van der Waals surface area contributed by atoms with E-state index in [0.29, 0.717) is 12.3 Å². The minimum absolute atomic E-state index is 0.130. The molecule has 98 valence electrons. The van der Waals surface area contributed by atoms with Gasteiger partial charge in [0.25, 0.3) is 0 Å². The normalized spacial score (nSPS) is 40.2. The van der Waals surface area contributed by atoms with Gasteiger partial charge in [-0.25, -0.2) is 0 Å². The first-order valence-electron chi connectivity index (χ1n) is 7.32. The topological polar surface area (TPSA) is 37.3 Å². The molecule has 0 aliphatic heterocycles. The van der Waals surface area contributed by atoms with Crippen LogP contribution in [0.5, 0.6) is 0 Å². The van der Waals surface area contributed by atoms with Gasteiger partial charge in [-0.15, -0.1) is 0 Å². The molecule has 2 nitrogen and oxygen atoms in total. The smallest absolute Gasteiger partial charge is 0.167 e. The molecule has 0 aromatic heterocycles. The molecule has 0 aromatic carbocycles. The summed E-state index contributed by atoms with van der Waals surface area (Å²) in [4.78, 5) is 12.6. The molecule has 0 radical (unpaired) electrons. The number of ketones is 1. The molecule has 0 spiro atoms. The SMILES string of the molecule is CC1CCCC(O)(C(=O)C2CCCCC2)C1C. The van der Waals surface area contributed by atoms with Crippen LogP contribution in [0.2, 0.25) is 0 Å². The van der Waals surface area contributed by atoms with E-state index in [4.69, 9.17) is 0 Å². The highest BCUT2D eigenvalue weighted by atomic mass is 16.3. The first kappa shape index (κ1) is 13.1. The van der Waals surface area contributed by atoms with Crippen molar-refractivity contribution in [3.8, 4) is 0 Å². The first-order valence-corrected chi connectivity index (χ1v) is 7.32. The van der Waals surface area contributed by atoms with Crippen molar-refractivity contribution in [2.45, 2.75) is 70.8 Å². The van der Waals surface area contributed by atoms with Gasteiger partial charge < -0.3 is 5.11 Å². The predicted molar refractivity (Wildman–Crippen MR) is 68.7 cm³/mol. The van der Waals surface area contributed by atoms with Gasteiger partial charge >= 0.3 is 0 Å². The Kier molecular flexibility index (Phi) is 3.92. The maximum Gasteiger partial charge on any atom is 0.167 e. The summed E-state index contributed by atoms with van der Waals surface area (Å²) in [5.41, 5.74) is -1.01. The van der Waals surface area contributed by atoms with Crippen molar-refractivity contribution in [3.63, 3.8) is 0 Å². The second-order valence-corrected chi connectivity index (χ2v) is 6.28. The maximum absolute atomic E-state index is 12.6. The second-order valence-electron chi connectivity index (χ2n) is 6.28. The van der Waals surface area contributed by atoms with Gasteiger partial charge in [-0.1, -0.05) is 39.5 Å². The van der Waals surface area contributed by atoms with Gasteiger partial charge in [-0.05, 0) is 37.5 Å². The van der Waals surface area contributed by atoms with E-state index in [1.165, 1.54) is 6.42 Å². The molecule has 2 aliphatic rings. The van der Waals surface area contributed by atoms with E-state index in [9.17, 15) is 9.90 Å². The summed E-state index contributed by atoms with van der Waals surface area (Å²) in [5.74, 6) is 0.907. The molecule has 0 bridgehead atoms.